The Morgan fingerprint density at radius 1 is 1.20 bits per heavy atom. The van der Waals surface area contributed by atoms with Gasteiger partial charge in [0.2, 0.25) is 0 Å². The van der Waals surface area contributed by atoms with Gasteiger partial charge in [0.05, 0.1) is 24.1 Å². The molecule has 2 aromatic heterocycles. The molecule has 3 heterocycles. The summed E-state index contributed by atoms with van der Waals surface area (Å²) < 4.78 is 20.8. The predicted octanol–water partition coefficient (Wildman–Crippen LogP) is 3.08. The van der Waals surface area contributed by atoms with Gasteiger partial charge in [0.25, 0.3) is 5.91 Å². The zero-order chi connectivity index (χ0) is 24.4. The third kappa shape index (κ3) is 4.52. The van der Waals surface area contributed by atoms with Crippen molar-refractivity contribution in [1.82, 2.24) is 30.4 Å². The molecule has 0 radical (unpaired) electrons. The first-order valence-electron chi connectivity index (χ1n) is 11.5. The smallest absolute Gasteiger partial charge is 0.255 e. The number of anilines is 1. The first-order chi connectivity index (χ1) is 17.0. The maximum Gasteiger partial charge on any atom is 0.255 e. The maximum atomic E-state index is 13.6. The van der Waals surface area contributed by atoms with E-state index in [-0.39, 0.29) is 18.2 Å². The topological polar surface area (TPSA) is 120 Å². The number of ether oxygens (including phenoxy) is 1. The number of piperidine rings is 1. The minimum Gasteiger partial charge on any atom is -0.496 e. The number of hydrogen-bond donors (Lipinski definition) is 3. The molecule has 2 aromatic carbocycles. The molecule has 0 saturated carbocycles. The lowest BCUT2D eigenvalue weighted by Crippen LogP contribution is -2.30. The molecule has 180 valence electrons. The van der Waals surface area contributed by atoms with Gasteiger partial charge in [-0.25, -0.2) is 19.0 Å². The van der Waals surface area contributed by atoms with Gasteiger partial charge in [-0.15, -0.1) is 0 Å². The predicted molar refractivity (Wildman–Crippen MR) is 130 cm³/mol. The number of amides is 1. The van der Waals surface area contributed by atoms with Gasteiger partial charge in [-0.3, -0.25) is 4.79 Å². The van der Waals surface area contributed by atoms with Gasteiger partial charge in [0.15, 0.2) is 5.65 Å². The highest BCUT2D eigenvalue weighted by Gasteiger charge is 2.23. The van der Waals surface area contributed by atoms with E-state index in [1.807, 2.05) is 28.9 Å². The summed E-state index contributed by atoms with van der Waals surface area (Å²) >= 11 is 0. The van der Waals surface area contributed by atoms with Crippen molar-refractivity contribution < 1.29 is 13.9 Å². The quantitative estimate of drug-likeness (QED) is 0.392. The molecule has 1 aliphatic rings. The second kappa shape index (κ2) is 9.67. The van der Waals surface area contributed by atoms with Crippen LogP contribution in [0.15, 0.2) is 48.8 Å². The minimum atomic E-state index is -0.500. The second-order valence-electron chi connectivity index (χ2n) is 8.46. The molecule has 4 N–H and O–H groups in total. The van der Waals surface area contributed by atoms with Crippen LogP contribution in [-0.2, 0) is 6.54 Å². The van der Waals surface area contributed by atoms with Gasteiger partial charge < -0.3 is 21.1 Å². The van der Waals surface area contributed by atoms with Crippen LogP contribution in [0.25, 0.3) is 22.3 Å². The lowest BCUT2D eigenvalue weighted by molar-refractivity contribution is 0.0947. The van der Waals surface area contributed by atoms with Gasteiger partial charge in [-0.05, 0) is 49.7 Å². The summed E-state index contributed by atoms with van der Waals surface area (Å²) in [4.78, 5) is 21.2. The number of aromatic nitrogens is 4. The molecule has 0 spiro atoms. The van der Waals surface area contributed by atoms with E-state index < -0.39 is 11.7 Å². The summed E-state index contributed by atoms with van der Waals surface area (Å²) in [5, 5.41) is 11.8. The monoisotopic (exact) mass is 475 g/mol. The van der Waals surface area contributed by atoms with Crippen molar-refractivity contribution in [3.63, 3.8) is 0 Å². The lowest BCUT2D eigenvalue weighted by atomic mass is 10.1. The number of carbonyl (C=O) groups is 1. The number of nitrogens with one attached hydrogen (secondary N) is 2. The summed E-state index contributed by atoms with van der Waals surface area (Å²) in [7, 11) is 1.44. The van der Waals surface area contributed by atoms with E-state index >= 15 is 0 Å². The number of carbonyl (C=O) groups excluding carboxylic acids is 1. The van der Waals surface area contributed by atoms with Crippen molar-refractivity contribution in [2.24, 2.45) is 0 Å². The Labute approximate surface area is 201 Å². The van der Waals surface area contributed by atoms with Crippen molar-refractivity contribution in [3.05, 3.63) is 65.7 Å². The number of methoxy groups -OCH3 is 1. The van der Waals surface area contributed by atoms with Crippen molar-refractivity contribution in [2.75, 3.05) is 25.9 Å². The van der Waals surface area contributed by atoms with E-state index in [0.717, 1.165) is 59.9 Å². The van der Waals surface area contributed by atoms with E-state index in [9.17, 15) is 9.18 Å². The number of benzene rings is 2. The Morgan fingerprint density at radius 3 is 2.71 bits per heavy atom. The Morgan fingerprint density at radius 2 is 1.97 bits per heavy atom. The van der Waals surface area contributed by atoms with E-state index in [1.54, 1.807) is 0 Å². The normalized spacial score (nSPS) is 14.2. The molecule has 10 heteroatoms. The standard InChI is InChI=1S/C25H26FN7O2/c1-35-20-7-6-17(26)12-19(20)25(34)29-13-15-2-4-16(5-3-15)22-21-23(27)30-14-31-24(21)33(32-22)18-8-10-28-11-9-18/h2-7,12,14,18,28H,8-11,13H2,1H3,(H,29,34)(H2,27,30,31). The van der Waals surface area contributed by atoms with E-state index in [2.05, 4.69) is 20.6 Å². The van der Waals surface area contributed by atoms with Crippen LogP contribution in [0.3, 0.4) is 0 Å². The number of nitrogens with zero attached hydrogens (tertiary/aromatic N) is 4. The summed E-state index contributed by atoms with van der Waals surface area (Å²) in [6, 6.07) is 11.8. The number of fused-ring (bicyclic) bond motifs is 1. The molecule has 1 saturated heterocycles. The molecule has 1 aliphatic heterocycles. The fourth-order valence-corrected chi connectivity index (χ4v) is 4.42. The number of hydrogen-bond acceptors (Lipinski definition) is 7. The van der Waals surface area contributed by atoms with Crippen LogP contribution in [0.5, 0.6) is 5.75 Å². The lowest BCUT2D eigenvalue weighted by Gasteiger charge is -2.23. The average Bonchev–Trinajstić information content (AvgIpc) is 3.29. The summed E-state index contributed by atoms with van der Waals surface area (Å²) in [5.74, 6) is -0.206. The Kier molecular flexibility index (Phi) is 6.28. The fraction of sp³-hybridized carbons (Fsp3) is 0.280. The first kappa shape index (κ1) is 22.7. The zero-order valence-corrected chi connectivity index (χ0v) is 19.3. The fourth-order valence-electron chi connectivity index (χ4n) is 4.42. The highest BCUT2D eigenvalue weighted by atomic mass is 19.1. The second-order valence-corrected chi connectivity index (χ2v) is 8.46. The van der Waals surface area contributed by atoms with Crippen LogP contribution >= 0.6 is 0 Å². The maximum absolute atomic E-state index is 13.6. The van der Waals surface area contributed by atoms with Crippen LogP contribution < -0.4 is 21.1 Å². The molecule has 0 aliphatic carbocycles. The average molecular weight is 476 g/mol. The first-order valence-corrected chi connectivity index (χ1v) is 11.5. The summed E-state index contributed by atoms with van der Waals surface area (Å²) in [6.07, 6.45) is 3.41. The number of rotatable bonds is 6. The van der Waals surface area contributed by atoms with Crippen LogP contribution in [0.4, 0.5) is 10.2 Å². The molecule has 4 aromatic rings. The Hall–Kier alpha value is -4.05. The van der Waals surface area contributed by atoms with E-state index in [4.69, 9.17) is 15.6 Å². The highest BCUT2D eigenvalue weighted by Crippen LogP contribution is 2.33. The highest BCUT2D eigenvalue weighted by molar-refractivity contribution is 5.98. The molecule has 35 heavy (non-hydrogen) atoms. The van der Waals surface area contributed by atoms with Crippen molar-refractivity contribution in [2.45, 2.75) is 25.4 Å². The third-order valence-corrected chi connectivity index (χ3v) is 6.26. The molecule has 0 unspecified atom stereocenters. The summed E-state index contributed by atoms with van der Waals surface area (Å²) in [6.45, 7) is 2.14. The molecule has 1 fully saturated rings. The molecule has 9 nitrogen and oxygen atoms in total. The molecule has 0 atom stereocenters. The number of halogens is 1. The van der Waals surface area contributed by atoms with Crippen LogP contribution in [0.1, 0.15) is 34.8 Å². The SMILES string of the molecule is COc1ccc(F)cc1C(=O)NCc1ccc(-c2nn(C3CCNCC3)c3ncnc(N)c23)cc1. The van der Waals surface area contributed by atoms with Gasteiger partial charge in [-0.1, -0.05) is 24.3 Å². The van der Waals surface area contributed by atoms with Crippen LogP contribution in [0, 0.1) is 5.82 Å². The molecule has 1 amide bonds. The van der Waals surface area contributed by atoms with Crippen LogP contribution in [0.2, 0.25) is 0 Å². The van der Waals surface area contributed by atoms with Gasteiger partial charge >= 0.3 is 0 Å². The van der Waals surface area contributed by atoms with Crippen molar-refractivity contribution in [3.8, 4) is 17.0 Å². The minimum absolute atomic E-state index is 0.148. The van der Waals surface area contributed by atoms with E-state index in [0.29, 0.717) is 11.6 Å². The Balaban J connectivity index is 1.38. The molecule has 0 bridgehead atoms. The van der Waals surface area contributed by atoms with Crippen molar-refractivity contribution in [1.29, 1.82) is 0 Å². The number of nitrogen functional groups attached to an aromatic ring is 1. The van der Waals surface area contributed by atoms with Crippen molar-refractivity contribution >= 4 is 22.8 Å². The van der Waals surface area contributed by atoms with Gasteiger partial charge in [0, 0.05) is 12.1 Å². The summed E-state index contributed by atoms with van der Waals surface area (Å²) in [5.41, 5.74) is 9.61. The van der Waals surface area contributed by atoms with Gasteiger partial charge in [-0.2, -0.15) is 5.10 Å². The third-order valence-electron chi connectivity index (χ3n) is 6.26. The largest absolute Gasteiger partial charge is 0.496 e. The van der Waals surface area contributed by atoms with Crippen LogP contribution in [-0.4, -0.2) is 45.9 Å². The zero-order valence-electron chi connectivity index (χ0n) is 19.3. The van der Waals surface area contributed by atoms with E-state index in [1.165, 1.54) is 25.6 Å². The number of nitrogens with two attached hydrogens (primary N) is 1. The molecular formula is C25H26FN7O2. The van der Waals surface area contributed by atoms with Gasteiger partial charge in [0.1, 0.15) is 29.4 Å². The molecule has 5 rings (SSSR count). The molecular weight excluding hydrogens is 449 g/mol. The Bertz CT molecular complexity index is 1360.